The molecule has 2 aromatic carbocycles. The highest BCUT2D eigenvalue weighted by Crippen LogP contribution is 2.31. The predicted molar refractivity (Wildman–Crippen MR) is 133 cm³/mol. The summed E-state index contributed by atoms with van der Waals surface area (Å²) in [4.78, 5) is 12.2. The summed E-state index contributed by atoms with van der Waals surface area (Å²) in [6.45, 7) is 14.6. The van der Waals surface area contributed by atoms with Crippen molar-refractivity contribution in [3.05, 3.63) is 36.4 Å². The Labute approximate surface area is 197 Å². The van der Waals surface area contributed by atoms with Crippen LogP contribution in [0.5, 0.6) is 5.75 Å². The van der Waals surface area contributed by atoms with E-state index in [0.29, 0.717) is 19.8 Å². The van der Waals surface area contributed by atoms with E-state index in [1.807, 2.05) is 6.07 Å². The smallest absolute Gasteiger partial charge is 0.162 e. The lowest BCUT2D eigenvalue weighted by Crippen LogP contribution is -2.30. The molecule has 0 N–H and O–H groups in total. The fourth-order valence-corrected chi connectivity index (χ4v) is 3.85. The summed E-state index contributed by atoms with van der Waals surface area (Å²) in [5.74, 6) is 0.842. The standard InChI is InChI=1S/C26H41O5S/c1-25(2,3)17-27-19-29-20(16-30-31-18-26(4,5)6)15-28-23-13-14-24(32(7)8)22-12-10-9-11-21(22)23/h9-14,20H,15-19H2,1-8H3/q+1. The van der Waals surface area contributed by atoms with Gasteiger partial charge in [0.2, 0.25) is 0 Å². The number of benzene rings is 2. The van der Waals surface area contributed by atoms with Crippen LogP contribution in [0.1, 0.15) is 41.5 Å². The minimum absolute atomic E-state index is 0.0282. The van der Waals surface area contributed by atoms with Crippen molar-refractivity contribution >= 4 is 21.7 Å². The fraction of sp³-hybridized carbons (Fsp3) is 0.615. The maximum Gasteiger partial charge on any atom is 0.162 e. The van der Waals surface area contributed by atoms with E-state index in [2.05, 4.69) is 84.4 Å². The van der Waals surface area contributed by atoms with Gasteiger partial charge in [-0.3, -0.25) is 0 Å². The zero-order chi connectivity index (χ0) is 23.8. The molecule has 0 saturated carbocycles. The molecule has 0 fully saturated rings. The molecule has 5 nitrogen and oxygen atoms in total. The Bertz CT molecular complexity index is 801. The van der Waals surface area contributed by atoms with Crippen LogP contribution in [0, 0.1) is 10.8 Å². The molecule has 180 valence electrons. The summed E-state index contributed by atoms with van der Waals surface area (Å²) in [6.07, 6.45) is 4.15. The first-order valence-corrected chi connectivity index (χ1v) is 13.2. The van der Waals surface area contributed by atoms with Crippen molar-refractivity contribution in [2.24, 2.45) is 10.8 Å². The lowest BCUT2D eigenvalue weighted by atomic mass is 9.99. The summed E-state index contributed by atoms with van der Waals surface area (Å²) in [5.41, 5.74) is 0.111. The topological polar surface area (TPSA) is 46.2 Å². The van der Waals surface area contributed by atoms with Crippen molar-refractivity contribution in [1.82, 2.24) is 0 Å². The fourth-order valence-electron chi connectivity index (χ4n) is 2.89. The molecule has 0 saturated heterocycles. The van der Waals surface area contributed by atoms with Crippen molar-refractivity contribution in [3.8, 4) is 5.75 Å². The van der Waals surface area contributed by atoms with E-state index in [4.69, 9.17) is 24.0 Å². The second kappa shape index (κ2) is 12.2. The summed E-state index contributed by atoms with van der Waals surface area (Å²) < 4.78 is 17.8. The van der Waals surface area contributed by atoms with E-state index in [1.54, 1.807) is 0 Å². The second-order valence-corrected chi connectivity index (χ2v) is 12.7. The van der Waals surface area contributed by atoms with E-state index >= 15 is 0 Å². The normalized spacial score (nSPS) is 13.7. The molecule has 0 amide bonds. The van der Waals surface area contributed by atoms with Gasteiger partial charge in [-0.15, -0.1) is 0 Å². The molecule has 0 bridgehead atoms. The number of hydrogen-bond donors (Lipinski definition) is 0. The Kier molecular flexibility index (Phi) is 10.3. The predicted octanol–water partition coefficient (Wildman–Crippen LogP) is 5.86. The number of rotatable bonds is 12. The Morgan fingerprint density at radius 1 is 0.781 bits per heavy atom. The van der Waals surface area contributed by atoms with Gasteiger partial charge in [0.15, 0.2) is 4.90 Å². The Morgan fingerprint density at radius 2 is 1.44 bits per heavy atom. The molecule has 0 aromatic heterocycles. The third-order valence-corrected chi connectivity index (χ3v) is 5.70. The molecule has 0 aliphatic rings. The summed E-state index contributed by atoms with van der Waals surface area (Å²) in [6, 6.07) is 12.6. The highest BCUT2D eigenvalue weighted by Gasteiger charge is 2.19. The molecule has 0 radical (unpaired) electrons. The molecule has 6 heteroatoms. The lowest BCUT2D eigenvalue weighted by molar-refractivity contribution is -0.322. The molecular formula is C26H41O5S+. The first kappa shape index (κ1) is 26.9. The molecule has 0 aliphatic heterocycles. The molecular weight excluding hydrogens is 424 g/mol. The van der Waals surface area contributed by atoms with Crippen molar-refractivity contribution in [3.63, 3.8) is 0 Å². The highest BCUT2D eigenvalue weighted by atomic mass is 32.2. The van der Waals surface area contributed by atoms with Crippen LogP contribution in [0.15, 0.2) is 41.3 Å². The molecule has 0 spiro atoms. The average Bonchev–Trinajstić information content (AvgIpc) is 2.69. The van der Waals surface area contributed by atoms with E-state index in [9.17, 15) is 0 Å². The zero-order valence-corrected chi connectivity index (χ0v) is 21.8. The van der Waals surface area contributed by atoms with Crippen LogP contribution in [0.25, 0.3) is 10.8 Å². The van der Waals surface area contributed by atoms with Crippen LogP contribution in [0.4, 0.5) is 0 Å². The van der Waals surface area contributed by atoms with Crippen molar-refractivity contribution in [2.45, 2.75) is 52.5 Å². The second-order valence-electron chi connectivity index (χ2n) is 10.7. The van der Waals surface area contributed by atoms with Gasteiger partial charge in [0.25, 0.3) is 0 Å². The maximum absolute atomic E-state index is 6.20. The van der Waals surface area contributed by atoms with Gasteiger partial charge in [0.05, 0.1) is 13.2 Å². The number of fused-ring (bicyclic) bond motifs is 1. The third-order valence-electron chi connectivity index (χ3n) is 4.46. The Balaban J connectivity index is 2.02. The van der Waals surface area contributed by atoms with Crippen LogP contribution in [0.3, 0.4) is 0 Å². The first-order chi connectivity index (χ1) is 15.0. The largest absolute Gasteiger partial charge is 0.490 e. The Morgan fingerprint density at radius 3 is 2.06 bits per heavy atom. The van der Waals surface area contributed by atoms with E-state index in [1.165, 1.54) is 10.3 Å². The van der Waals surface area contributed by atoms with Crippen LogP contribution in [0.2, 0.25) is 0 Å². The van der Waals surface area contributed by atoms with Gasteiger partial charge in [-0.05, 0) is 29.0 Å². The van der Waals surface area contributed by atoms with Crippen molar-refractivity contribution in [1.29, 1.82) is 0 Å². The maximum atomic E-state index is 6.20. The van der Waals surface area contributed by atoms with Crippen LogP contribution in [-0.2, 0) is 30.1 Å². The minimum Gasteiger partial charge on any atom is -0.490 e. The quantitative estimate of drug-likeness (QED) is 0.129. The summed E-state index contributed by atoms with van der Waals surface area (Å²) >= 11 is 0. The van der Waals surface area contributed by atoms with Gasteiger partial charge in [0.1, 0.15) is 44.4 Å². The average molecular weight is 466 g/mol. The van der Waals surface area contributed by atoms with Crippen LogP contribution >= 0.6 is 0 Å². The molecule has 0 aliphatic carbocycles. The first-order valence-electron chi connectivity index (χ1n) is 11.1. The molecule has 1 unspecified atom stereocenters. The summed E-state index contributed by atoms with van der Waals surface area (Å²) in [7, 11) is 0.166. The summed E-state index contributed by atoms with van der Waals surface area (Å²) in [5, 5.41) is 2.34. The molecule has 2 rings (SSSR count). The van der Waals surface area contributed by atoms with Crippen molar-refractivity contribution in [2.75, 3.05) is 45.7 Å². The van der Waals surface area contributed by atoms with Crippen LogP contribution < -0.4 is 4.74 Å². The van der Waals surface area contributed by atoms with Gasteiger partial charge >= 0.3 is 0 Å². The SMILES string of the molecule is C[S+](C)c1ccc(OCC(COOCC(C)(C)C)OCOCC(C)(C)C)c2ccccc12. The van der Waals surface area contributed by atoms with Gasteiger partial charge in [-0.25, -0.2) is 9.78 Å². The third kappa shape index (κ3) is 9.67. The van der Waals surface area contributed by atoms with Gasteiger partial charge in [-0.2, -0.15) is 0 Å². The zero-order valence-electron chi connectivity index (χ0n) is 21.0. The van der Waals surface area contributed by atoms with E-state index in [0.717, 1.165) is 11.1 Å². The van der Waals surface area contributed by atoms with Crippen LogP contribution in [-0.4, -0.2) is 51.8 Å². The van der Waals surface area contributed by atoms with Gasteiger partial charge in [0, 0.05) is 21.7 Å². The van der Waals surface area contributed by atoms with E-state index < -0.39 is 0 Å². The van der Waals surface area contributed by atoms with Crippen molar-refractivity contribution < 1.29 is 24.0 Å². The molecule has 1 atom stereocenters. The van der Waals surface area contributed by atoms with E-state index in [-0.39, 0.29) is 41.2 Å². The monoisotopic (exact) mass is 465 g/mol. The lowest BCUT2D eigenvalue weighted by Gasteiger charge is -2.22. The number of hydrogen-bond acceptors (Lipinski definition) is 5. The highest BCUT2D eigenvalue weighted by molar-refractivity contribution is 7.95. The molecule has 2 aromatic rings. The minimum atomic E-state index is -0.319. The van der Waals surface area contributed by atoms with Gasteiger partial charge in [-0.1, -0.05) is 59.7 Å². The van der Waals surface area contributed by atoms with Gasteiger partial charge < -0.3 is 14.2 Å². The molecule has 32 heavy (non-hydrogen) atoms. The Hall–Kier alpha value is -1.31. The number of ether oxygens (including phenoxy) is 3. The molecule has 0 heterocycles.